The third-order valence-electron chi connectivity index (χ3n) is 4.34. The maximum Gasteiger partial charge on any atom is 0.354 e. The van der Waals surface area contributed by atoms with Crippen molar-refractivity contribution in [2.45, 2.75) is 31.7 Å². The molecule has 0 bridgehead atoms. The second-order valence-electron chi connectivity index (χ2n) is 5.87. The molecule has 2 N–H and O–H groups in total. The zero-order valence-electron chi connectivity index (χ0n) is 12.8. The zero-order valence-corrected chi connectivity index (χ0v) is 12.8. The highest BCUT2D eigenvalue weighted by atomic mass is 16.4. The van der Waals surface area contributed by atoms with Crippen LogP contribution in [0.1, 0.15) is 63.7 Å². The summed E-state index contributed by atoms with van der Waals surface area (Å²) >= 11 is 0. The Morgan fingerprint density at radius 3 is 2.65 bits per heavy atom. The van der Waals surface area contributed by atoms with Crippen LogP contribution in [0.5, 0.6) is 0 Å². The van der Waals surface area contributed by atoms with Crippen molar-refractivity contribution >= 4 is 11.9 Å². The smallest absolute Gasteiger partial charge is 0.354 e. The van der Waals surface area contributed by atoms with Crippen LogP contribution < -0.4 is 5.32 Å². The summed E-state index contributed by atoms with van der Waals surface area (Å²) in [5.74, 6) is -0.931. The van der Waals surface area contributed by atoms with E-state index in [4.69, 9.17) is 5.11 Å². The van der Waals surface area contributed by atoms with Crippen LogP contribution in [0.2, 0.25) is 0 Å². The van der Waals surface area contributed by atoms with Crippen LogP contribution in [0.25, 0.3) is 0 Å². The van der Waals surface area contributed by atoms with Gasteiger partial charge in [-0.25, -0.2) is 9.78 Å². The van der Waals surface area contributed by atoms with E-state index < -0.39 is 5.97 Å². The second kappa shape index (κ2) is 6.20. The number of carbonyl (C=O) groups excluding carboxylic acids is 1. The number of carbonyl (C=O) groups is 2. The van der Waals surface area contributed by atoms with Crippen LogP contribution >= 0.6 is 0 Å². The summed E-state index contributed by atoms with van der Waals surface area (Å²) in [5, 5.41) is 12.0. The Labute approximate surface area is 134 Å². The lowest BCUT2D eigenvalue weighted by Crippen LogP contribution is -2.31. The molecular weight excluding hydrogens is 292 g/mol. The zero-order chi connectivity index (χ0) is 16.4. The highest BCUT2D eigenvalue weighted by Crippen LogP contribution is 2.37. The summed E-state index contributed by atoms with van der Waals surface area (Å²) in [6.07, 6.45) is 3.23. The molecule has 1 aliphatic rings. The number of carboxylic acid groups (broad SMARTS) is 1. The van der Waals surface area contributed by atoms with Crippen molar-refractivity contribution < 1.29 is 14.7 Å². The summed E-state index contributed by atoms with van der Waals surface area (Å²) in [6.45, 7) is 2.19. The van der Waals surface area contributed by atoms with E-state index in [9.17, 15) is 9.59 Å². The predicted octanol–water partition coefficient (Wildman–Crippen LogP) is 3.15. The second-order valence-corrected chi connectivity index (χ2v) is 5.87. The molecule has 2 aromatic rings. The molecule has 0 spiro atoms. The summed E-state index contributed by atoms with van der Waals surface area (Å²) in [5.41, 5.74) is 2.60. The highest BCUT2D eigenvalue weighted by Gasteiger charge is 2.26. The minimum absolute atomic E-state index is 0.0451. The van der Waals surface area contributed by atoms with Crippen molar-refractivity contribution in [1.82, 2.24) is 10.3 Å². The van der Waals surface area contributed by atoms with E-state index in [0.29, 0.717) is 11.5 Å². The number of aromatic carboxylic acids is 1. The summed E-state index contributed by atoms with van der Waals surface area (Å²) in [6, 6.07) is 10.9. The van der Waals surface area contributed by atoms with Gasteiger partial charge in [0.05, 0.1) is 6.04 Å². The van der Waals surface area contributed by atoms with Crippen molar-refractivity contribution in [2.75, 3.05) is 0 Å². The number of fused-ring (bicyclic) bond motifs is 1. The van der Waals surface area contributed by atoms with E-state index in [1.807, 2.05) is 18.2 Å². The molecule has 0 aliphatic heterocycles. The fraction of sp³-hybridized carbons (Fsp3) is 0.278. The number of benzene rings is 1. The monoisotopic (exact) mass is 310 g/mol. The molecular formula is C18H18N2O3. The first-order chi connectivity index (χ1) is 11.1. The molecule has 1 amide bonds. The van der Waals surface area contributed by atoms with Gasteiger partial charge in [0, 0.05) is 11.8 Å². The summed E-state index contributed by atoms with van der Waals surface area (Å²) < 4.78 is 0. The summed E-state index contributed by atoms with van der Waals surface area (Å²) in [7, 11) is 0. The molecule has 0 saturated carbocycles. The fourth-order valence-electron chi connectivity index (χ4n) is 3.08. The van der Waals surface area contributed by atoms with Crippen LogP contribution in [0.3, 0.4) is 0 Å². The number of hydrogen-bond acceptors (Lipinski definition) is 3. The Hall–Kier alpha value is -2.69. The van der Waals surface area contributed by atoms with Gasteiger partial charge >= 0.3 is 5.97 Å². The molecule has 5 heteroatoms. The molecule has 2 atom stereocenters. The van der Waals surface area contributed by atoms with Crippen molar-refractivity contribution in [3.63, 3.8) is 0 Å². The number of hydrogen-bond donors (Lipinski definition) is 2. The Bertz CT molecular complexity index is 757. The Balaban J connectivity index is 1.83. The molecule has 0 radical (unpaired) electrons. The van der Waals surface area contributed by atoms with Gasteiger partial charge in [0.1, 0.15) is 5.69 Å². The quantitative estimate of drug-likeness (QED) is 0.912. The minimum atomic E-state index is -1.14. The van der Waals surface area contributed by atoms with Gasteiger partial charge in [0.2, 0.25) is 0 Å². The molecule has 3 rings (SSSR count). The van der Waals surface area contributed by atoms with Crippen LogP contribution in [-0.2, 0) is 0 Å². The number of nitrogens with zero attached hydrogens (tertiary/aromatic N) is 1. The van der Waals surface area contributed by atoms with Gasteiger partial charge in [-0.15, -0.1) is 0 Å². The number of amides is 1. The van der Waals surface area contributed by atoms with E-state index in [1.54, 1.807) is 0 Å². The van der Waals surface area contributed by atoms with Gasteiger partial charge in [0.25, 0.3) is 5.91 Å². The van der Waals surface area contributed by atoms with E-state index in [-0.39, 0.29) is 17.6 Å². The lowest BCUT2D eigenvalue weighted by molar-refractivity contribution is 0.0690. The van der Waals surface area contributed by atoms with E-state index in [0.717, 1.165) is 18.4 Å². The molecule has 1 aromatic carbocycles. The topological polar surface area (TPSA) is 79.3 Å². The van der Waals surface area contributed by atoms with Gasteiger partial charge in [-0.3, -0.25) is 4.79 Å². The SMILES string of the molecule is CC1CCC(NC(=O)c2ccnc(C(=O)O)c2)c2ccccc21. The van der Waals surface area contributed by atoms with Crippen molar-refractivity contribution in [3.05, 3.63) is 65.0 Å². The number of rotatable bonds is 3. The van der Waals surface area contributed by atoms with Crippen LogP contribution in [-0.4, -0.2) is 22.0 Å². The van der Waals surface area contributed by atoms with Gasteiger partial charge in [-0.05, 0) is 42.0 Å². The Morgan fingerprint density at radius 1 is 1.17 bits per heavy atom. The lowest BCUT2D eigenvalue weighted by atomic mass is 9.81. The third kappa shape index (κ3) is 3.08. The average Bonchev–Trinajstić information content (AvgIpc) is 2.57. The molecule has 5 nitrogen and oxygen atoms in total. The van der Waals surface area contributed by atoms with Gasteiger partial charge in [0.15, 0.2) is 0 Å². The molecule has 1 aliphatic carbocycles. The molecule has 1 aromatic heterocycles. The average molecular weight is 310 g/mol. The number of aromatic nitrogens is 1. The van der Waals surface area contributed by atoms with Gasteiger partial charge < -0.3 is 10.4 Å². The van der Waals surface area contributed by atoms with Crippen LogP contribution in [0, 0.1) is 0 Å². The number of pyridine rings is 1. The Kier molecular flexibility index (Phi) is 4.10. The molecule has 1 heterocycles. The maximum atomic E-state index is 12.4. The standard InChI is InChI=1S/C18H18N2O3/c1-11-6-7-15(14-5-3-2-4-13(11)14)20-17(21)12-8-9-19-16(10-12)18(22)23/h2-5,8-11,15H,6-7H2,1H3,(H,20,21)(H,22,23). The minimum Gasteiger partial charge on any atom is -0.477 e. The molecule has 23 heavy (non-hydrogen) atoms. The van der Waals surface area contributed by atoms with Crippen LogP contribution in [0.4, 0.5) is 0 Å². The van der Waals surface area contributed by atoms with Gasteiger partial charge in [-0.2, -0.15) is 0 Å². The first kappa shape index (κ1) is 15.2. The van der Waals surface area contributed by atoms with Crippen molar-refractivity contribution in [1.29, 1.82) is 0 Å². The molecule has 0 fully saturated rings. The number of nitrogens with one attached hydrogen (secondary N) is 1. The molecule has 2 unspecified atom stereocenters. The van der Waals surface area contributed by atoms with E-state index in [1.165, 1.54) is 23.9 Å². The predicted molar refractivity (Wildman–Crippen MR) is 85.5 cm³/mol. The van der Waals surface area contributed by atoms with Gasteiger partial charge in [-0.1, -0.05) is 31.2 Å². The number of carboxylic acids is 1. The highest BCUT2D eigenvalue weighted by molar-refractivity contribution is 5.96. The first-order valence-corrected chi connectivity index (χ1v) is 7.65. The molecule has 0 saturated heterocycles. The Morgan fingerprint density at radius 2 is 1.91 bits per heavy atom. The van der Waals surface area contributed by atoms with E-state index in [2.05, 4.69) is 23.3 Å². The fourth-order valence-corrected chi connectivity index (χ4v) is 3.08. The normalized spacial score (nSPS) is 19.7. The van der Waals surface area contributed by atoms with E-state index >= 15 is 0 Å². The van der Waals surface area contributed by atoms with Crippen LogP contribution in [0.15, 0.2) is 42.6 Å². The largest absolute Gasteiger partial charge is 0.477 e. The summed E-state index contributed by atoms with van der Waals surface area (Å²) in [4.78, 5) is 27.2. The third-order valence-corrected chi connectivity index (χ3v) is 4.34. The van der Waals surface area contributed by atoms with Crippen molar-refractivity contribution in [2.24, 2.45) is 0 Å². The first-order valence-electron chi connectivity index (χ1n) is 7.65. The molecule has 118 valence electrons. The van der Waals surface area contributed by atoms with Crippen molar-refractivity contribution in [3.8, 4) is 0 Å². The lowest BCUT2D eigenvalue weighted by Gasteiger charge is -2.30. The maximum absolute atomic E-state index is 12.4.